The van der Waals surface area contributed by atoms with E-state index in [1.165, 1.54) is 22.3 Å². The van der Waals surface area contributed by atoms with E-state index in [2.05, 4.69) is 46.4 Å². The third-order valence-corrected chi connectivity index (χ3v) is 7.79. The summed E-state index contributed by atoms with van der Waals surface area (Å²) >= 11 is 0. The Balaban J connectivity index is 1.21. The highest BCUT2D eigenvalue weighted by atomic mass is 16.6. The highest BCUT2D eigenvalue weighted by molar-refractivity contribution is 5.79. The van der Waals surface area contributed by atoms with E-state index in [1.807, 2.05) is 24.0 Å². The lowest BCUT2D eigenvalue weighted by Gasteiger charge is -2.51. The van der Waals surface area contributed by atoms with E-state index >= 15 is 0 Å². The van der Waals surface area contributed by atoms with Gasteiger partial charge < -0.3 is 14.7 Å². The van der Waals surface area contributed by atoms with Gasteiger partial charge in [0.1, 0.15) is 12.2 Å². The van der Waals surface area contributed by atoms with Crippen molar-refractivity contribution in [2.45, 2.75) is 62.6 Å². The van der Waals surface area contributed by atoms with Crippen molar-refractivity contribution >= 4 is 6.09 Å². The van der Waals surface area contributed by atoms with Gasteiger partial charge >= 0.3 is 6.09 Å². The van der Waals surface area contributed by atoms with Crippen molar-refractivity contribution in [3.8, 4) is 11.1 Å². The number of aliphatic hydroxyl groups is 1. The van der Waals surface area contributed by atoms with Crippen LogP contribution < -0.4 is 0 Å². The SMILES string of the molecule is Cc1cncc(C2(O)CC3CCCC(C2)N3C(=O)OCC2c3ccccc3-c3ccccc32)n1. The van der Waals surface area contributed by atoms with E-state index in [1.54, 1.807) is 12.4 Å². The maximum atomic E-state index is 13.4. The fourth-order valence-corrected chi connectivity index (χ4v) is 6.29. The summed E-state index contributed by atoms with van der Waals surface area (Å²) in [5.74, 6) is 0.0421. The van der Waals surface area contributed by atoms with Gasteiger partial charge in [-0.05, 0) is 48.4 Å². The molecule has 2 unspecified atom stereocenters. The number of rotatable bonds is 3. The van der Waals surface area contributed by atoms with Crippen molar-refractivity contribution in [3.05, 3.63) is 83.4 Å². The van der Waals surface area contributed by atoms with Gasteiger partial charge in [-0.2, -0.15) is 0 Å². The topological polar surface area (TPSA) is 75.6 Å². The van der Waals surface area contributed by atoms with Gasteiger partial charge in [0, 0.05) is 37.0 Å². The molecule has 2 aliphatic heterocycles. The Bertz CT molecular complexity index is 1180. The Labute approximate surface area is 199 Å². The zero-order chi connectivity index (χ0) is 23.3. The molecule has 0 radical (unpaired) electrons. The van der Waals surface area contributed by atoms with Gasteiger partial charge in [0.15, 0.2) is 0 Å². The molecule has 0 saturated carbocycles. The average Bonchev–Trinajstić information content (AvgIpc) is 3.16. The lowest BCUT2D eigenvalue weighted by Crippen LogP contribution is -2.59. The zero-order valence-electron chi connectivity index (χ0n) is 19.4. The molecule has 1 N–H and O–H groups in total. The molecule has 2 bridgehead atoms. The zero-order valence-corrected chi connectivity index (χ0v) is 19.4. The molecule has 1 aromatic heterocycles. The van der Waals surface area contributed by atoms with Crippen molar-refractivity contribution in [2.24, 2.45) is 0 Å². The van der Waals surface area contributed by atoms with Crippen LogP contribution in [-0.4, -0.2) is 44.8 Å². The molecular weight excluding hydrogens is 426 g/mol. The molecule has 6 rings (SSSR count). The van der Waals surface area contributed by atoms with Crippen LogP contribution in [0.2, 0.25) is 0 Å². The van der Waals surface area contributed by atoms with Crippen LogP contribution in [0, 0.1) is 6.92 Å². The van der Waals surface area contributed by atoms with Crippen molar-refractivity contribution in [3.63, 3.8) is 0 Å². The second-order valence-electron chi connectivity index (χ2n) is 9.94. The first-order chi connectivity index (χ1) is 16.5. The Morgan fingerprint density at radius 1 is 1.03 bits per heavy atom. The fourth-order valence-electron chi connectivity index (χ4n) is 6.29. The molecule has 2 saturated heterocycles. The Morgan fingerprint density at radius 3 is 2.26 bits per heavy atom. The normalized spacial score (nSPS) is 25.5. The van der Waals surface area contributed by atoms with Crippen LogP contribution in [0.5, 0.6) is 0 Å². The minimum absolute atomic E-state index is 0.0421. The lowest BCUT2D eigenvalue weighted by atomic mass is 9.74. The van der Waals surface area contributed by atoms with E-state index in [0.29, 0.717) is 25.1 Å². The second kappa shape index (κ2) is 8.20. The fraction of sp³-hybridized carbons (Fsp3) is 0.393. The number of carbonyl (C=O) groups is 1. The standard InChI is InChI=1S/C28H29N3O3/c1-18-15-29-16-26(30-18)28(33)13-19-7-6-8-20(14-28)31(19)27(32)34-17-25-23-11-4-2-9-21(23)22-10-3-5-12-24(22)25/h2-5,9-12,15-16,19-20,25,33H,6-8,13-14,17H2,1H3. The number of benzene rings is 2. The number of hydrogen-bond acceptors (Lipinski definition) is 5. The quantitative estimate of drug-likeness (QED) is 0.606. The van der Waals surface area contributed by atoms with Crippen LogP contribution in [-0.2, 0) is 10.3 Å². The van der Waals surface area contributed by atoms with Gasteiger partial charge in [0.25, 0.3) is 0 Å². The summed E-state index contributed by atoms with van der Waals surface area (Å²) in [6, 6.07) is 16.6. The first-order valence-electron chi connectivity index (χ1n) is 12.2. The third kappa shape index (κ3) is 3.48. The number of ether oxygens (including phenoxy) is 1. The van der Waals surface area contributed by atoms with Gasteiger partial charge in [-0.15, -0.1) is 0 Å². The molecule has 6 heteroatoms. The van der Waals surface area contributed by atoms with Gasteiger partial charge in [-0.1, -0.05) is 48.5 Å². The lowest BCUT2D eigenvalue weighted by molar-refractivity contribution is -0.0915. The minimum atomic E-state index is -1.06. The summed E-state index contributed by atoms with van der Waals surface area (Å²) < 4.78 is 5.99. The molecule has 1 amide bonds. The number of hydrogen-bond donors (Lipinski definition) is 1. The van der Waals surface area contributed by atoms with Crippen LogP contribution in [0.4, 0.5) is 4.79 Å². The Morgan fingerprint density at radius 2 is 1.65 bits per heavy atom. The van der Waals surface area contributed by atoms with Gasteiger partial charge in [-0.25, -0.2) is 4.79 Å². The van der Waals surface area contributed by atoms with E-state index in [4.69, 9.17) is 4.74 Å². The Kier molecular flexibility index (Phi) is 5.14. The number of carbonyl (C=O) groups excluding carboxylic acids is 1. The monoisotopic (exact) mass is 455 g/mol. The minimum Gasteiger partial charge on any atom is -0.448 e. The first kappa shape index (κ1) is 21.3. The van der Waals surface area contributed by atoms with E-state index in [0.717, 1.165) is 25.0 Å². The molecule has 6 nitrogen and oxygen atoms in total. The van der Waals surface area contributed by atoms with Crippen LogP contribution in [0.1, 0.15) is 60.5 Å². The molecule has 0 spiro atoms. The predicted molar refractivity (Wildman–Crippen MR) is 128 cm³/mol. The molecule has 34 heavy (non-hydrogen) atoms. The average molecular weight is 456 g/mol. The highest BCUT2D eigenvalue weighted by Gasteiger charge is 2.49. The second-order valence-corrected chi connectivity index (χ2v) is 9.94. The van der Waals surface area contributed by atoms with E-state index in [9.17, 15) is 9.90 Å². The number of aromatic nitrogens is 2. The highest BCUT2D eigenvalue weighted by Crippen LogP contribution is 2.46. The molecule has 174 valence electrons. The van der Waals surface area contributed by atoms with Gasteiger partial charge in [0.05, 0.1) is 17.6 Å². The van der Waals surface area contributed by atoms with Crippen LogP contribution in [0.3, 0.4) is 0 Å². The molecule has 1 aliphatic carbocycles. The smallest absolute Gasteiger partial charge is 0.410 e. The summed E-state index contributed by atoms with van der Waals surface area (Å²) in [6.45, 7) is 2.20. The first-order valence-corrected chi connectivity index (χ1v) is 12.2. The molecule has 2 fully saturated rings. The maximum absolute atomic E-state index is 13.4. The summed E-state index contributed by atoms with van der Waals surface area (Å²) in [6.07, 6.45) is 6.79. The molecule has 3 heterocycles. The Hall–Kier alpha value is -3.25. The van der Waals surface area contributed by atoms with Crippen molar-refractivity contribution in [1.29, 1.82) is 0 Å². The molecule has 2 atom stereocenters. The van der Waals surface area contributed by atoms with Crippen LogP contribution in [0.15, 0.2) is 60.9 Å². The number of nitrogens with zero attached hydrogens (tertiary/aromatic N) is 3. The van der Waals surface area contributed by atoms with Crippen LogP contribution >= 0.6 is 0 Å². The summed E-state index contributed by atoms with van der Waals surface area (Å²) in [5.41, 5.74) is 5.20. The molecule has 3 aromatic rings. The number of aryl methyl sites for hydroxylation is 1. The largest absolute Gasteiger partial charge is 0.448 e. The number of fused-ring (bicyclic) bond motifs is 5. The maximum Gasteiger partial charge on any atom is 0.410 e. The summed E-state index contributed by atoms with van der Waals surface area (Å²) in [4.78, 5) is 24.1. The number of amides is 1. The van der Waals surface area contributed by atoms with Crippen molar-refractivity contribution in [1.82, 2.24) is 14.9 Å². The van der Waals surface area contributed by atoms with Gasteiger partial charge in [0.2, 0.25) is 0 Å². The van der Waals surface area contributed by atoms with Crippen molar-refractivity contribution < 1.29 is 14.6 Å². The van der Waals surface area contributed by atoms with Crippen molar-refractivity contribution in [2.75, 3.05) is 6.61 Å². The summed E-state index contributed by atoms with van der Waals surface area (Å²) in [5, 5.41) is 11.5. The predicted octanol–water partition coefficient (Wildman–Crippen LogP) is 4.94. The number of piperidine rings is 2. The van der Waals surface area contributed by atoms with E-state index in [-0.39, 0.29) is 24.1 Å². The molecule has 3 aliphatic rings. The van der Waals surface area contributed by atoms with Crippen LogP contribution in [0.25, 0.3) is 11.1 Å². The molecular formula is C28H29N3O3. The third-order valence-electron chi connectivity index (χ3n) is 7.79. The van der Waals surface area contributed by atoms with E-state index < -0.39 is 5.60 Å². The van der Waals surface area contributed by atoms with Gasteiger partial charge in [-0.3, -0.25) is 9.97 Å². The summed E-state index contributed by atoms with van der Waals surface area (Å²) in [7, 11) is 0. The molecule has 2 aromatic carbocycles.